The zero-order valence-corrected chi connectivity index (χ0v) is 15.1. The molecule has 0 bridgehead atoms. The molecule has 25 heavy (non-hydrogen) atoms. The molecule has 3 aromatic rings. The molecule has 0 unspecified atom stereocenters. The van der Waals surface area contributed by atoms with Gasteiger partial charge >= 0.3 is 0 Å². The minimum atomic E-state index is 0.604. The Balaban J connectivity index is 2.00. The Bertz CT molecular complexity index is 894. The first-order chi connectivity index (χ1) is 12.1. The predicted octanol–water partition coefficient (Wildman–Crippen LogP) is 6.32. The summed E-state index contributed by atoms with van der Waals surface area (Å²) in [6.45, 7) is 0. The summed E-state index contributed by atoms with van der Waals surface area (Å²) in [6, 6.07) is 20.5. The van der Waals surface area contributed by atoms with Crippen molar-refractivity contribution in [2.45, 2.75) is 0 Å². The fraction of sp³-hybridized carbons (Fsp3) is 0.0500. The Labute approximate surface area is 156 Å². The van der Waals surface area contributed by atoms with Crippen molar-refractivity contribution >= 4 is 52.2 Å². The van der Waals surface area contributed by atoms with Gasteiger partial charge in [0.25, 0.3) is 0 Å². The smallest absolute Gasteiger partial charge is 0.150 e. The number of rotatable bonds is 5. The number of hydrogen-bond donors (Lipinski definition) is 1. The Hall–Kier alpha value is -2.49. The van der Waals surface area contributed by atoms with E-state index < -0.39 is 0 Å². The molecule has 0 amide bonds. The Morgan fingerprint density at radius 3 is 2.36 bits per heavy atom. The number of benzene rings is 3. The van der Waals surface area contributed by atoms with E-state index in [1.165, 1.54) is 0 Å². The van der Waals surface area contributed by atoms with Crippen LogP contribution in [0.15, 0.2) is 66.7 Å². The van der Waals surface area contributed by atoms with Crippen molar-refractivity contribution in [2.75, 3.05) is 17.3 Å². The van der Waals surface area contributed by atoms with E-state index in [1.54, 1.807) is 6.07 Å². The first-order valence-corrected chi connectivity index (χ1v) is 8.43. The van der Waals surface area contributed by atoms with E-state index in [0.29, 0.717) is 15.6 Å². The number of nitrogens with one attached hydrogen (secondary N) is 1. The fourth-order valence-electron chi connectivity index (χ4n) is 2.53. The van der Waals surface area contributed by atoms with Crippen LogP contribution in [0.1, 0.15) is 10.4 Å². The number of halogens is 2. The highest BCUT2D eigenvalue weighted by molar-refractivity contribution is 6.31. The van der Waals surface area contributed by atoms with Gasteiger partial charge in [-0.2, -0.15) is 0 Å². The number of hydrogen-bond acceptors (Lipinski definition) is 3. The van der Waals surface area contributed by atoms with Crippen LogP contribution in [0, 0.1) is 0 Å². The third-order valence-electron chi connectivity index (χ3n) is 3.84. The lowest BCUT2D eigenvalue weighted by atomic mass is 10.1. The Morgan fingerprint density at radius 1 is 0.920 bits per heavy atom. The van der Waals surface area contributed by atoms with Gasteiger partial charge in [-0.1, -0.05) is 29.3 Å². The topological polar surface area (TPSA) is 32.3 Å². The lowest BCUT2D eigenvalue weighted by Crippen LogP contribution is -2.12. The van der Waals surface area contributed by atoms with E-state index in [0.717, 1.165) is 29.0 Å². The van der Waals surface area contributed by atoms with Gasteiger partial charge in [0.1, 0.15) is 6.29 Å². The summed E-state index contributed by atoms with van der Waals surface area (Å²) in [5.74, 6) is 0. The Morgan fingerprint density at radius 2 is 1.68 bits per heavy atom. The molecule has 0 aliphatic rings. The van der Waals surface area contributed by atoms with Gasteiger partial charge in [0.05, 0.1) is 11.4 Å². The van der Waals surface area contributed by atoms with Gasteiger partial charge in [-0.25, -0.2) is 0 Å². The quantitative estimate of drug-likeness (QED) is 0.533. The molecule has 0 saturated heterocycles. The number of carbonyl (C=O) groups excluding carboxylic acids is 1. The van der Waals surface area contributed by atoms with Gasteiger partial charge in [-0.05, 0) is 60.7 Å². The average molecular weight is 371 g/mol. The molecular weight excluding hydrogens is 355 g/mol. The molecule has 0 aliphatic carbocycles. The number of nitrogens with zero attached hydrogens (tertiary/aromatic N) is 1. The highest BCUT2D eigenvalue weighted by Gasteiger charge is 2.11. The SMILES string of the molecule is CN(c1ccc(Cl)cc1)c1cc(C=O)ccc1Nc1cccc(Cl)c1. The van der Waals surface area contributed by atoms with Crippen LogP contribution in [0.3, 0.4) is 0 Å². The molecular formula is C20H16Cl2N2O. The van der Waals surface area contributed by atoms with Gasteiger partial charge in [0.2, 0.25) is 0 Å². The van der Waals surface area contributed by atoms with Gasteiger partial charge in [-0.3, -0.25) is 4.79 Å². The van der Waals surface area contributed by atoms with E-state index >= 15 is 0 Å². The second kappa shape index (κ2) is 7.60. The third-order valence-corrected chi connectivity index (χ3v) is 4.32. The molecule has 0 saturated carbocycles. The van der Waals surface area contributed by atoms with E-state index in [9.17, 15) is 4.79 Å². The number of aldehydes is 1. The van der Waals surface area contributed by atoms with Crippen molar-refractivity contribution in [3.05, 3.63) is 82.3 Å². The minimum Gasteiger partial charge on any atom is -0.354 e. The standard InChI is InChI=1S/C20H16Cl2N2O/c1-24(18-8-6-15(21)7-9-18)20-11-14(13-25)5-10-19(20)23-17-4-2-3-16(22)12-17/h2-13,23H,1H3. The van der Waals surface area contributed by atoms with E-state index in [4.69, 9.17) is 23.2 Å². The maximum Gasteiger partial charge on any atom is 0.150 e. The first kappa shape index (κ1) is 17.3. The van der Waals surface area contributed by atoms with Gasteiger partial charge in [-0.15, -0.1) is 0 Å². The predicted molar refractivity (Wildman–Crippen MR) is 106 cm³/mol. The average Bonchev–Trinajstić information content (AvgIpc) is 2.62. The van der Waals surface area contributed by atoms with E-state index in [1.807, 2.05) is 72.6 Å². The normalized spacial score (nSPS) is 10.4. The lowest BCUT2D eigenvalue weighted by Gasteiger charge is -2.24. The summed E-state index contributed by atoms with van der Waals surface area (Å²) < 4.78 is 0. The molecule has 0 spiro atoms. The van der Waals surface area contributed by atoms with Crippen LogP contribution < -0.4 is 10.2 Å². The van der Waals surface area contributed by atoms with Crippen LogP contribution in [-0.2, 0) is 0 Å². The minimum absolute atomic E-state index is 0.604. The molecule has 0 heterocycles. The summed E-state index contributed by atoms with van der Waals surface area (Å²) in [7, 11) is 1.94. The molecule has 0 radical (unpaired) electrons. The van der Waals surface area contributed by atoms with Crippen LogP contribution in [0.2, 0.25) is 10.0 Å². The second-order valence-corrected chi connectivity index (χ2v) is 6.44. The lowest BCUT2D eigenvalue weighted by molar-refractivity contribution is 0.112. The zero-order chi connectivity index (χ0) is 17.8. The van der Waals surface area contributed by atoms with Crippen LogP contribution in [0.25, 0.3) is 0 Å². The molecule has 0 fully saturated rings. The van der Waals surface area contributed by atoms with Gasteiger partial charge in [0, 0.05) is 34.0 Å². The fourth-order valence-corrected chi connectivity index (χ4v) is 2.85. The maximum atomic E-state index is 11.2. The van der Waals surface area contributed by atoms with Crippen molar-refractivity contribution in [1.82, 2.24) is 0 Å². The van der Waals surface area contributed by atoms with Crippen LogP contribution in [-0.4, -0.2) is 13.3 Å². The van der Waals surface area contributed by atoms with Crippen molar-refractivity contribution in [3.8, 4) is 0 Å². The van der Waals surface area contributed by atoms with Gasteiger partial charge < -0.3 is 10.2 Å². The van der Waals surface area contributed by atoms with Crippen LogP contribution in [0.4, 0.5) is 22.7 Å². The van der Waals surface area contributed by atoms with Crippen molar-refractivity contribution in [2.24, 2.45) is 0 Å². The molecule has 0 aliphatic heterocycles. The first-order valence-electron chi connectivity index (χ1n) is 7.68. The summed E-state index contributed by atoms with van der Waals surface area (Å²) >= 11 is 12.0. The molecule has 3 nitrogen and oxygen atoms in total. The van der Waals surface area contributed by atoms with E-state index in [-0.39, 0.29) is 0 Å². The molecule has 5 heteroatoms. The maximum absolute atomic E-state index is 11.2. The van der Waals surface area contributed by atoms with Crippen molar-refractivity contribution in [3.63, 3.8) is 0 Å². The summed E-state index contributed by atoms with van der Waals surface area (Å²) in [5.41, 5.74) is 4.17. The molecule has 0 atom stereocenters. The zero-order valence-electron chi connectivity index (χ0n) is 13.5. The molecule has 0 aromatic heterocycles. The summed E-state index contributed by atoms with van der Waals surface area (Å²) in [6.07, 6.45) is 0.836. The van der Waals surface area contributed by atoms with Gasteiger partial charge in [0.15, 0.2) is 0 Å². The van der Waals surface area contributed by atoms with Crippen molar-refractivity contribution in [1.29, 1.82) is 0 Å². The van der Waals surface area contributed by atoms with Crippen molar-refractivity contribution < 1.29 is 4.79 Å². The molecule has 1 N–H and O–H groups in total. The number of anilines is 4. The molecule has 3 rings (SSSR count). The highest BCUT2D eigenvalue weighted by atomic mass is 35.5. The highest BCUT2D eigenvalue weighted by Crippen LogP contribution is 2.34. The number of carbonyl (C=O) groups is 1. The van der Waals surface area contributed by atoms with Crippen LogP contribution >= 0.6 is 23.2 Å². The molecule has 3 aromatic carbocycles. The Kier molecular flexibility index (Phi) is 5.27. The van der Waals surface area contributed by atoms with E-state index in [2.05, 4.69) is 5.32 Å². The second-order valence-electron chi connectivity index (χ2n) is 5.57. The largest absolute Gasteiger partial charge is 0.354 e. The monoisotopic (exact) mass is 370 g/mol. The molecule has 126 valence electrons. The summed E-state index contributed by atoms with van der Waals surface area (Å²) in [4.78, 5) is 13.2. The third kappa shape index (κ3) is 4.13. The summed E-state index contributed by atoms with van der Waals surface area (Å²) in [5, 5.41) is 4.69. The van der Waals surface area contributed by atoms with Crippen LogP contribution in [0.5, 0.6) is 0 Å².